The van der Waals surface area contributed by atoms with Gasteiger partial charge in [0.25, 0.3) is 5.91 Å². The predicted octanol–water partition coefficient (Wildman–Crippen LogP) is 2.98. The lowest BCUT2D eigenvalue weighted by atomic mass is 9.97. The van der Waals surface area contributed by atoms with Crippen LogP contribution in [0.2, 0.25) is 0 Å². The molecule has 1 aliphatic rings. The highest BCUT2D eigenvalue weighted by Crippen LogP contribution is 2.23. The van der Waals surface area contributed by atoms with Crippen LogP contribution in [0.3, 0.4) is 0 Å². The molecule has 0 saturated carbocycles. The Bertz CT molecular complexity index is 995. The number of aromatic nitrogens is 3. The van der Waals surface area contributed by atoms with Crippen LogP contribution in [0, 0.1) is 5.92 Å². The molecular weight excluding hydrogens is 380 g/mol. The number of nitrogens with zero attached hydrogens (tertiary/aromatic N) is 4. The van der Waals surface area contributed by atoms with Gasteiger partial charge >= 0.3 is 0 Å². The van der Waals surface area contributed by atoms with E-state index in [0.29, 0.717) is 23.5 Å². The van der Waals surface area contributed by atoms with Crippen molar-refractivity contribution in [1.82, 2.24) is 15.2 Å². The van der Waals surface area contributed by atoms with E-state index < -0.39 is 0 Å². The highest BCUT2D eigenvalue weighted by atomic mass is 16.2. The van der Waals surface area contributed by atoms with Crippen LogP contribution in [0.5, 0.6) is 0 Å². The van der Waals surface area contributed by atoms with Crippen molar-refractivity contribution in [3.05, 3.63) is 72.7 Å². The van der Waals surface area contributed by atoms with E-state index in [1.165, 1.54) is 0 Å². The third-order valence-electron chi connectivity index (χ3n) is 5.03. The van der Waals surface area contributed by atoms with Gasteiger partial charge in [0, 0.05) is 48.6 Å². The molecule has 8 nitrogen and oxygen atoms in total. The van der Waals surface area contributed by atoms with Crippen molar-refractivity contribution in [2.45, 2.75) is 12.8 Å². The quantitative estimate of drug-likeness (QED) is 0.681. The summed E-state index contributed by atoms with van der Waals surface area (Å²) in [5.41, 5.74) is 1.88. The Morgan fingerprint density at radius 3 is 2.37 bits per heavy atom. The standard InChI is InChI=1S/C22H22N6O2/c29-21(16-9-12-23-13-10-16)25-18-5-7-19(8-6-18)26-22(30)17-3-2-14-28(15-17)20-4-1-11-24-27-20/h1,4-13,17H,2-3,14-15H2,(H,25,29)(H,26,30). The summed E-state index contributed by atoms with van der Waals surface area (Å²) >= 11 is 0. The Balaban J connectivity index is 1.34. The van der Waals surface area contributed by atoms with E-state index in [1.54, 1.807) is 55.0 Å². The zero-order valence-corrected chi connectivity index (χ0v) is 16.4. The van der Waals surface area contributed by atoms with Crippen LogP contribution in [0.1, 0.15) is 23.2 Å². The lowest BCUT2D eigenvalue weighted by Gasteiger charge is -2.32. The number of benzene rings is 1. The van der Waals surface area contributed by atoms with Crippen LogP contribution >= 0.6 is 0 Å². The first-order chi connectivity index (χ1) is 14.7. The van der Waals surface area contributed by atoms with Crippen molar-refractivity contribution in [2.75, 3.05) is 28.6 Å². The Kier molecular flexibility index (Phi) is 5.93. The van der Waals surface area contributed by atoms with Gasteiger partial charge in [-0.2, -0.15) is 5.10 Å². The second kappa shape index (κ2) is 9.13. The molecule has 0 spiro atoms. The maximum atomic E-state index is 12.7. The zero-order chi connectivity index (χ0) is 20.8. The minimum Gasteiger partial charge on any atom is -0.354 e. The second-order valence-corrected chi connectivity index (χ2v) is 7.12. The van der Waals surface area contributed by atoms with Gasteiger partial charge in [0.1, 0.15) is 0 Å². The lowest BCUT2D eigenvalue weighted by molar-refractivity contribution is -0.120. The molecule has 3 heterocycles. The molecule has 3 aromatic rings. The minimum atomic E-state index is -0.208. The van der Waals surface area contributed by atoms with Crippen molar-refractivity contribution in [3.63, 3.8) is 0 Å². The first-order valence-electron chi connectivity index (χ1n) is 9.84. The molecule has 4 rings (SSSR count). The largest absolute Gasteiger partial charge is 0.354 e. The summed E-state index contributed by atoms with van der Waals surface area (Å²) in [5.74, 6) is 0.453. The van der Waals surface area contributed by atoms with E-state index in [4.69, 9.17) is 0 Å². The van der Waals surface area contributed by atoms with Crippen molar-refractivity contribution in [3.8, 4) is 0 Å². The first kappa shape index (κ1) is 19.5. The topological polar surface area (TPSA) is 100 Å². The molecule has 1 aliphatic heterocycles. The van der Waals surface area contributed by atoms with Gasteiger partial charge in [-0.05, 0) is 61.4 Å². The number of hydrogen-bond acceptors (Lipinski definition) is 6. The summed E-state index contributed by atoms with van der Waals surface area (Å²) in [7, 11) is 0. The summed E-state index contributed by atoms with van der Waals surface area (Å²) in [6, 6.07) is 14.2. The van der Waals surface area contributed by atoms with Gasteiger partial charge in [-0.1, -0.05) is 0 Å². The van der Waals surface area contributed by atoms with E-state index in [9.17, 15) is 9.59 Å². The van der Waals surface area contributed by atoms with Gasteiger partial charge in [-0.25, -0.2) is 0 Å². The molecular formula is C22H22N6O2. The third-order valence-corrected chi connectivity index (χ3v) is 5.03. The molecule has 1 aromatic carbocycles. The average molecular weight is 402 g/mol. The summed E-state index contributed by atoms with van der Waals surface area (Å²) in [4.78, 5) is 31.0. The van der Waals surface area contributed by atoms with Gasteiger partial charge < -0.3 is 15.5 Å². The highest BCUT2D eigenvalue weighted by Gasteiger charge is 2.26. The van der Waals surface area contributed by atoms with Crippen LogP contribution < -0.4 is 15.5 Å². The van der Waals surface area contributed by atoms with Crippen LogP contribution in [0.4, 0.5) is 17.2 Å². The Labute approximate surface area is 174 Å². The van der Waals surface area contributed by atoms with Crippen LogP contribution in [0.15, 0.2) is 67.1 Å². The molecule has 152 valence electrons. The van der Waals surface area contributed by atoms with Gasteiger partial charge in [-0.15, -0.1) is 5.10 Å². The molecule has 30 heavy (non-hydrogen) atoms. The monoisotopic (exact) mass is 402 g/mol. The first-order valence-corrected chi connectivity index (χ1v) is 9.84. The van der Waals surface area contributed by atoms with E-state index in [-0.39, 0.29) is 17.7 Å². The molecule has 1 unspecified atom stereocenters. The van der Waals surface area contributed by atoms with E-state index in [2.05, 4.69) is 30.7 Å². The fraction of sp³-hybridized carbons (Fsp3) is 0.227. The normalized spacial score (nSPS) is 16.0. The zero-order valence-electron chi connectivity index (χ0n) is 16.4. The van der Waals surface area contributed by atoms with Crippen molar-refractivity contribution in [1.29, 1.82) is 0 Å². The Morgan fingerprint density at radius 1 is 0.933 bits per heavy atom. The number of pyridine rings is 1. The minimum absolute atomic E-state index is 0.0165. The SMILES string of the molecule is O=C(Nc1ccc(NC(=O)C2CCCN(c3cccnn3)C2)cc1)c1ccncc1. The summed E-state index contributed by atoms with van der Waals surface area (Å²) in [6.45, 7) is 1.49. The summed E-state index contributed by atoms with van der Waals surface area (Å²) < 4.78 is 0. The fourth-order valence-electron chi connectivity index (χ4n) is 3.45. The van der Waals surface area contributed by atoms with Gasteiger partial charge in [0.15, 0.2) is 5.82 Å². The van der Waals surface area contributed by atoms with Crippen molar-refractivity contribution >= 4 is 29.0 Å². The van der Waals surface area contributed by atoms with Crippen LogP contribution in [-0.4, -0.2) is 40.1 Å². The highest BCUT2D eigenvalue weighted by molar-refractivity contribution is 6.04. The number of carbonyl (C=O) groups excluding carboxylic acids is 2. The van der Waals surface area contributed by atoms with E-state index >= 15 is 0 Å². The smallest absolute Gasteiger partial charge is 0.255 e. The van der Waals surface area contributed by atoms with E-state index in [1.807, 2.05) is 12.1 Å². The Morgan fingerprint density at radius 2 is 1.67 bits per heavy atom. The molecule has 2 aromatic heterocycles. The third kappa shape index (κ3) is 4.78. The number of hydrogen-bond donors (Lipinski definition) is 2. The molecule has 0 bridgehead atoms. The number of piperidine rings is 1. The number of anilines is 3. The Hall–Kier alpha value is -3.81. The van der Waals surface area contributed by atoms with Crippen molar-refractivity contribution < 1.29 is 9.59 Å². The molecule has 2 amide bonds. The maximum Gasteiger partial charge on any atom is 0.255 e. The van der Waals surface area contributed by atoms with E-state index in [0.717, 1.165) is 25.2 Å². The summed E-state index contributed by atoms with van der Waals surface area (Å²) in [5, 5.41) is 13.9. The number of rotatable bonds is 5. The average Bonchev–Trinajstić information content (AvgIpc) is 2.81. The van der Waals surface area contributed by atoms with Gasteiger partial charge in [-0.3, -0.25) is 14.6 Å². The van der Waals surface area contributed by atoms with Gasteiger partial charge in [0.05, 0.1) is 5.92 Å². The van der Waals surface area contributed by atoms with Crippen LogP contribution in [0.25, 0.3) is 0 Å². The molecule has 8 heteroatoms. The van der Waals surface area contributed by atoms with Crippen LogP contribution in [-0.2, 0) is 4.79 Å². The molecule has 0 radical (unpaired) electrons. The molecule has 1 atom stereocenters. The molecule has 0 aliphatic carbocycles. The fourth-order valence-corrected chi connectivity index (χ4v) is 3.45. The molecule has 1 saturated heterocycles. The second-order valence-electron chi connectivity index (χ2n) is 7.12. The maximum absolute atomic E-state index is 12.7. The number of nitrogens with one attached hydrogen (secondary N) is 2. The number of carbonyl (C=O) groups is 2. The molecule has 2 N–H and O–H groups in total. The lowest BCUT2D eigenvalue weighted by Crippen LogP contribution is -2.41. The number of amides is 2. The molecule has 1 fully saturated rings. The summed E-state index contributed by atoms with van der Waals surface area (Å²) in [6.07, 6.45) is 6.55. The van der Waals surface area contributed by atoms with Gasteiger partial charge in [0.2, 0.25) is 5.91 Å². The predicted molar refractivity (Wildman–Crippen MR) is 114 cm³/mol. The van der Waals surface area contributed by atoms with Crippen molar-refractivity contribution in [2.24, 2.45) is 5.92 Å².